The summed E-state index contributed by atoms with van der Waals surface area (Å²) in [5, 5.41) is 0. The van der Waals surface area contributed by atoms with Crippen LogP contribution in [0.3, 0.4) is 0 Å². The van der Waals surface area contributed by atoms with E-state index < -0.39 is 0 Å². The standard InChI is InChI=1S/C25H39N2/c1-3-4-5-6-7-8-9-10-11-12-13-14-23(2)27-21-17-25(18-22-27)24-15-19-26-20-16-24/h15-23H,3-14H2,1-2H3/q+1. The van der Waals surface area contributed by atoms with Gasteiger partial charge in [-0.1, -0.05) is 71.1 Å². The summed E-state index contributed by atoms with van der Waals surface area (Å²) in [6, 6.07) is 9.14. The van der Waals surface area contributed by atoms with Crippen molar-refractivity contribution in [2.24, 2.45) is 0 Å². The lowest BCUT2D eigenvalue weighted by molar-refractivity contribution is -0.720. The fourth-order valence-electron chi connectivity index (χ4n) is 3.72. The van der Waals surface area contributed by atoms with Gasteiger partial charge in [0.25, 0.3) is 0 Å². The third-order valence-electron chi connectivity index (χ3n) is 5.60. The zero-order valence-electron chi connectivity index (χ0n) is 17.6. The van der Waals surface area contributed by atoms with E-state index in [1.165, 1.54) is 88.2 Å². The summed E-state index contributed by atoms with van der Waals surface area (Å²) in [6.45, 7) is 4.62. The third-order valence-corrected chi connectivity index (χ3v) is 5.60. The normalized spacial score (nSPS) is 12.2. The Labute approximate surface area is 167 Å². The van der Waals surface area contributed by atoms with Gasteiger partial charge in [-0.25, -0.2) is 4.57 Å². The number of nitrogens with zero attached hydrogens (tertiary/aromatic N) is 2. The minimum atomic E-state index is 0.579. The average Bonchev–Trinajstić information content (AvgIpc) is 2.72. The molecule has 0 amide bonds. The highest BCUT2D eigenvalue weighted by molar-refractivity contribution is 5.61. The van der Waals surface area contributed by atoms with Crippen molar-refractivity contribution in [3.8, 4) is 11.1 Å². The van der Waals surface area contributed by atoms with Gasteiger partial charge in [-0.05, 0) is 36.6 Å². The maximum atomic E-state index is 4.09. The molecule has 0 aliphatic carbocycles. The van der Waals surface area contributed by atoms with Gasteiger partial charge in [-0.2, -0.15) is 0 Å². The lowest BCUT2D eigenvalue weighted by Crippen LogP contribution is -2.36. The smallest absolute Gasteiger partial charge is 0.169 e. The highest BCUT2D eigenvalue weighted by Gasteiger charge is 2.11. The van der Waals surface area contributed by atoms with Crippen molar-refractivity contribution in [1.29, 1.82) is 0 Å². The summed E-state index contributed by atoms with van der Waals surface area (Å²) in [5.74, 6) is 0. The first-order valence-corrected chi connectivity index (χ1v) is 11.2. The minimum Gasteiger partial charge on any atom is -0.265 e. The van der Waals surface area contributed by atoms with Gasteiger partial charge in [0.1, 0.15) is 0 Å². The Morgan fingerprint density at radius 3 is 1.74 bits per heavy atom. The summed E-state index contributed by atoms with van der Waals surface area (Å²) >= 11 is 0. The quantitative estimate of drug-likeness (QED) is 0.253. The predicted molar refractivity (Wildman–Crippen MR) is 116 cm³/mol. The van der Waals surface area contributed by atoms with Gasteiger partial charge < -0.3 is 0 Å². The van der Waals surface area contributed by atoms with Crippen LogP contribution in [0.4, 0.5) is 0 Å². The predicted octanol–water partition coefficient (Wildman–Crippen LogP) is 7.30. The highest BCUT2D eigenvalue weighted by atomic mass is 15.0. The first-order valence-electron chi connectivity index (χ1n) is 11.2. The molecule has 0 saturated heterocycles. The summed E-state index contributed by atoms with van der Waals surface area (Å²) in [4.78, 5) is 4.09. The molecule has 148 valence electrons. The molecule has 2 nitrogen and oxygen atoms in total. The Morgan fingerprint density at radius 1 is 0.704 bits per heavy atom. The van der Waals surface area contributed by atoms with E-state index in [2.05, 4.69) is 60.1 Å². The Morgan fingerprint density at radius 2 is 1.19 bits per heavy atom. The molecule has 1 unspecified atom stereocenters. The molecule has 2 aromatic rings. The molecule has 0 aliphatic rings. The zero-order valence-corrected chi connectivity index (χ0v) is 17.6. The largest absolute Gasteiger partial charge is 0.265 e. The number of pyridine rings is 2. The molecule has 2 rings (SSSR count). The van der Waals surface area contributed by atoms with Crippen LogP contribution >= 0.6 is 0 Å². The number of aromatic nitrogens is 2. The van der Waals surface area contributed by atoms with Crippen molar-refractivity contribution >= 4 is 0 Å². The van der Waals surface area contributed by atoms with Crippen LogP contribution in [-0.2, 0) is 0 Å². The van der Waals surface area contributed by atoms with E-state index in [9.17, 15) is 0 Å². The molecule has 0 radical (unpaired) electrons. The SMILES string of the molecule is CCCCCCCCCCCCCC(C)[n+]1ccc(-c2ccncc2)cc1. The van der Waals surface area contributed by atoms with Crippen molar-refractivity contribution in [3.05, 3.63) is 49.1 Å². The van der Waals surface area contributed by atoms with Gasteiger partial charge >= 0.3 is 0 Å². The molecule has 0 saturated carbocycles. The molecule has 2 heteroatoms. The molecular weight excluding hydrogens is 328 g/mol. The number of rotatable bonds is 14. The Balaban J connectivity index is 1.55. The zero-order chi connectivity index (χ0) is 19.2. The van der Waals surface area contributed by atoms with Gasteiger partial charge in [0.2, 0.25) is 0 Å². The molecule has 1 atom stereocenters. The second-order valence-electron chi connectivity index (χ2n) is 7.94. The number of unbranched alkanes of at least 4 members (excludes halogenated alkanes) is 10. The van der Waals surface area contributed by atoms with Crippen LogP contribution in [-0.4, -0.2) is 4.98 Å². The van der Waals surface area contributed by atoms with Crippen molar-refractivity contribution in [2.45, 2.75) is 96.9 Å². The van der Waals surface area contributed by atoms with Crippen LogP contribution in [0.2, 0.25) is 0 Å². The van der Waals surface area contributed by atoms with Gasteiger partial charge in [0, 0.05) is 30.9 Å². The number of hydrogen-bond acceptors (Lipinski definition) is 1. The monoisotopic (exact) mass is 367 g/mol. The van der Waals surface area contributed by atoms with Gasteiger partial charge in [0.05, 0.1) is 0 Å². The minimum absolute atomic E-state index is 0.579. The van der Waals surface area contributed by atoms with Crippen LogP contribution in [0.1, 0.15) is 96.9 Å². The van der Waals surface area contributed by atoms with E-state index in [1.54, 1.807) is 0 Å². The summed E-state index contributed by atoms with van der Waals surface area (Å²) in [7, 11) is 0. The number of hydrogen-bond donors (Lipinski definition) is 0. The molecule has 27 heavy (non-hydrogen) atoms. The van der Waals surface area contributed by atoms with E-state index in [-0.39, 0.29) is 0 Å². The molecule has 0 fully saturated rings. The lowest BCUT2D eigenvalue weighted by atomic mass is 10.0. The highest BCUT2D eigenvalue weighted by Crippen LogP contribution is 2.17. The van der Waals surface area contributed by atoms with Crippen molar-refractivity contribution in [2.75, 3.05) is 0 Å². The van der Waals surface area contributed by atoms with Gasteiger partial charge in [0.15, 0.2) is 18.4 Å². The van der Waals surface area contributed by atoms with Crippen LogP contribution in [0.5, 0.6) is 0 Å². The van der Waals surface area contributed by atoms with Crippen molar-refractivity contribution < 1.29 is 4.57 Å². The Kier molecular flexibility index (Phi) is 10.8. The molecule has 0 aromatic carbocycles. The average molecular weight is 368 g/mol. The maximum absolute atomic E-state index is 4.09. The first-order chi connectivity index (χ1) is 13.3. The second-order valence-corrected chi connectivity index (χ2v) is 7.94. The second kappa shape index (κ2) is 13.5. The molecule has 2 aromatic heterocycles. The van der Waals surface area contributed by atoms with Crippen LogP contribution in [0.15, 0.2) is 49.1 Å². The third kappa shape index (κ3) is 8.69. The van der Waals surface area contributed by atoms with E-state index in [1.807, 2.05) is 12.4 Å². The van der Waals surface area contributed by atoms with E-state index in [0.29, 0.717) is 6.04 Å². The molecular formula is C25H39N2+. The molecule has 0 aliphatic heterocycles. The maximum Gasteiger partial charge on any atom is 0.169 e. The van der Waals surface area contributed by atoms with E-state index >= 15 is 0 Å². The van der Waals surface area contributed by atoms with Crippen LogP contribution in [0.25, 0.3) is 11.1 Å². The fraction of sp³-hybridized carbons (Fsp3) is 0.600. The van der Waals surface area contributed by atoms with Gasteiger partial charge in [-0.3, -0.25) is 4.98 Å². The van der Waals surface area contributed by atoms with Crippen molar-refractivity contribution in [3.63, 3.8) is 0 Å². The molecule has 0 N–H and O–H groups in total. The summed E-state index contributed by atoms with van der Waals surface area (Å²) < 4.78 is 2.35. The first kappa shape index (κ1) is 21.6. The van der Waals surface area contributed by atoms with E-state index in [0.717, 1.165) is 0 Å². The lowest BCUT2D eigenvalue weighted by Gasteiger charge is -2.08. The molecule has 2 heterocycles. The van der Waals surface area contributed by atoms with Crippen LogP contribution < -0.4 is 4.57 Å². The Hall–Kier alpha value is -1.70. The Bertz CT molecular complexity index is 591. The summed E-state index contributed by atoms with van der Waals surface area (Å²) in [6.07, 6.45) is 25.0. The van der Waals surface area contributed by atoms with E-state index in [4.69, 9.17) is 0 Å². The fourth-order valence-corrected chi connectivity index (χ4v) is 3.72. The molecule has 0 spiro atoms. The topological polar surface area (TPSA) is 16.8 Å². The molecule has 0 bridgehead atoms. The van der Waals surface area contributed by atoms with Crippen LogP contribution in [0, 0.1) is 0 Å². The summed E-state index contributed by atoms with van der Waals surface area (Å²) in [5.41, 5.74) is 2.49. The van der Waals surface area contributed by atoms with Gasteiger partial charge in [-0.15, -0.1) is 0 Å². The van der Waals surface area contributed by atoms with Crippen molar-refractivity contribution in [1.82, 2.24) is 4.98 Å².